The fourth-order valence-corrected chi connectivity index (χ4v) is 4.50. The van der Waals surface area contributed by atoms with Crippen molar-refractivity contribution in [1.82, 2.24) is 9.80 Å². The van der Waals surface area contributed by atoms with Gasteiger partial charge in [0.25, 0.3) is 11.8 Å². The van der Waals surface area contributed by atoms with E-state index in [2.05, 4.69) is 9.80 Å². The molecule has 0 atom stereocenters. The van der Waals surface area contributed by atoms with Gasteiger partial charge in [0.05, 0.1) is 29.3 Å². The standard InChI is InChI=1S/C25H24FN3O3/c26-20-4-1-3-18(15-20)7-9-29-24(30)21-5-2-6-22(23(21)25(29)31)28-12-10-27(11-13-28)16-19-8-14-32-17-19/h1-6,8,14-15,17H,7,9-13,16H2. The third kappa shape index (κ3) is 3.91. The van der Waals surface area contributed by atoms with Crippen LogP contribution in [0.2, 0.25) is 0 Å². The summed E-state index contributed by atoms with van der Waals surface area (Å²) in [4.78, 5) is 32.0. The summed E-state index contributed by atoms with van der Waals surface area (Å²) in [5, 5.41) is 0. The predicted octanol–water partition coefficient (Wildman–Crippen LogP) is 3.58. The van der Waals surface area contributed by atoms with Crippen LogP contribution in [-0.2, 0) is 13.0 Å². The first-order chi connectivity index (χ1) is 15.6. The van der Waals surface area contributed by atoms with Crippen LogP contribution in [0.5, 0.6) is 0 Å². The van der Waals surface area contributed by atoms with E-state index in [0.29, 0.717) is 17.5 Å². The molecule has 2 aromatic carbocycles. The number of nitrogens with zero attached hydrogens (tertiary/aromatic N) is 3. The number of imide groups is 1. The minimum absolute atomic E-state index is 0.230. The number of hydrogen-bond donors (Lipinski definition) is 0. The van der Waals surface area contributed by atoms with Crippen molar-refractivity contribution >= 4 is 17.5 Å². The Hall–Kier alpha value is -3.45. The maximum Gasteiger partial charge on any atom is 0.263 e. The molecule has 6 nitrogen and oxygen atoms in total. The number of rotatable bonds is 6. The Kier molecular flexibility index (Phi) is 5.49. The van der Waals surface area contributed by atoms with Gasteiger partial charge in [-0.15, -0.1) is 0 Å². The van der Waals surface area contributed by atoms with Gasteiger partial charge in [-0.3, -0.25) is 19.4 Å². The number of piperazine rings is 1. The lowest BCUT2D eigenvalue weighted by molar-refractivity contribution is 0.0656. The second kappa shape index (κ2) is 8.59. The van der Waals surface area contributed by atoms with Gasteiger partial charge >= 0.3 is 0 Å². The molecule has 32 heavy (non-hydrogen) atoms. The molecule has 0 spiro atoms. The molecule has 1 fully saturated rings. The molecule has 0 aliphatic carbocycles. The number of carbonyl (C=O) groups is 2. The number of anilines is 1. The molecule has 164 valence electrons. The minimum Gasteiger partial charge on any atom is -0.472 e. The van der Waals surface area contributed by atoms with Crippen molar-refractivity contribution in [3.63, 3.8) is 0 Å². The van der Waals surface area contributed by atoms with E-state index >= 15 is 0 Å². The average Bonchev–Trinajstić information content (AvgIpc) is 3.40. The zero-order valence-electron chi connectivity index (χ0n) is 17.7. The summed E-state index contributed by atoms with van der Waals surface area (Å²) in [7, 11) is 0. The van der Waals surface area contributed by atoms with Gasteiger partial charge in [-0.05, 0) is 42.3 Å². The zero-order valence-corrected chi connectivity index (χ0v) is 17.7. The van der Waals surface area contributed by atoms with Crippen LogP contribution in [0, 0.1) is 5.82 Å². The quantitative estimate of drug-likeness (QED) is 0.556. The highest BCUT2D eigenvalue weighted by molar-refractivity contribution is 6.23. The molecule has 1 saturated heterocycles. The molecular formula is C25H24FN3O3. The molecule has 2 amide bonds. The monoisotopic (exact) mass is 433 g/mol. The Balaban J connectivity index is 1.29. The lowest BCUT2D eigenvalue weighted by atomic mass is 10.1. The van der Waals surface area contributed by atoms with Crippen LogP contribution in [0.25, 0.3) is 0 Å². The topological polar surface area (TPSA) is 57.0 Å². The van der Waals surface area contributed by atoms with Crippen molar-refractivity contribution in [2.45, 2.75) is 13.0 Å². The van der Waals surface area contributed by atoms with Gasteiger partial charge in [-0.1, -0.05) is 18.2 Å². The third-order valence-corrected chi connectivity index (χ3v) is 6.19. The molecule has 5 rings (SSSR count). The number of furan rings is 1. The van der Waals surface area contributed by atoms with Crippen molar-refractivity contribution in [3.8, 4) is 0 Å². The summed E-state index contributed by atoms with van der Waals surface area (Å²) in [6.45, 7) is 4.34. The zero-order chi connectivity index (χ0) is 22.1. The molecule has 7 heteroatoms. The number of halogens is 1. The maximum atomic E-state index is 13.5. The second-order valence-electron chi connectivity index (χ2n) is 8.24. The Morgan fingerprint density at radius 1 is 0.906 bits per heavy atom. The summed E-state index contributed by atoms with van der Waals surface area (Å²) in [6.07, 6.45) is 3.87. The highest BCUT2D eigenvalue weighted by Gasteiger charge is 2.38. The molecule has 2 aliphatic heterocycles. The van der Waals surface area contributed by atoms with Crippen LogP contribution >= 0.6 is 0 Å². The number of hydrogen-bond acceptors (Lipinski definition) is 5. The van der Waals surface area contributed by atoms with E-state index in [9.17, 15) is 14.0 Å². The molecule has 0 saturated carbocycles. The number of benzene rings is 2. The largest absolute Gasteiger partial charge is 0.472 e. The fourth-order valence-electron chi connectivity index (χ4n) is 4.50. The first-order valence-corrected chi connectivity index (χ1v) is 10.8. The second-order valence-corrected chi connectivity index (χ2v) is 8.24. The molecule has 0 radical (unpaired) electrons. The predicted molar refractivity (Wildman–Crippen MR) is 118 cm³/mol. The van der Waals surface area contributed by atoms with E-state index in [1.807, 2.05) is 18.2 Å². The van der Waals surface area contributed by atoms with Gasteiger partial charge in [-0.2, -0.15) is 0 Å². The van der Waals surface area contributed by atoms with Crippen LogP contribution in [0.3, 0.4) is 0 Å². The molecule has 2 aliphatic rings. The van der Waals surface area contributed by atoms with E-state index in [-0.39, 0.29) is 24.2 Å². The Bertz CT molecular complexity index is 1140. The number of amides is 2. The van der Waals surface area contributed by atoms with E-state index in [0.717, 1.165) is 49.5 Å². The highest BCUT2D eigenvalue weighted by Crippen LogP contribution is 2.32. The summed E-state index contributed by atoms with van der Waals surface area (Å²) in [5.41, 5.74) is 3.66. The van der Waals surface area contributed by atoms with Crippen LogP contribution in [0.4, 0.5) is 10.1 Å². The molecule has 3 aromatic rings. The molecular weight excluding hydrogens is 409 g/mol. The highest BCUT2D eigenvalue weighted by atomic mass is 19.1. The Morgan fingerprint density at radius 3 is 2.47 bits per heavy atom. The van der Waals surface area contributed by atoms with Crippen LogP contribution in [-0.4, -0.2) is 54.3 Å². The molecule has 1 aromatic heterocycles. The van der Waals surface area contributed by atoms with E-state index in [1.54, 1.807) is 30.7 Å². The van der Waals surface area contributed by atoms with Crippen LogP contribution < -0.4 is 4.90 Å². The minimum atomic E-state index is -0.320. The summed E-state index contributed by atoms with van der Waals surface area (Å²) >= 11 is 0. The van der Waals surface area contributed by atoms with E-state index in [1.165, 1.54) is 17.0 Å². The Morgan fingerprint density at radius 2 is 1.72 bits per heavy atom. The van der Waals surface area contributed by atoms with Crippen molar-refractivity contribution in [2.75, 3.05) is 37.6 Å². The molecule has 0 unspecified atom stereocenters. The van der Waals surface area contributed by atoms with Crippen molar-refractivity contribution in [1.29, 1.82) is 0 Å². The Labute approximate surface area is 185 Å². The summed E-state index contributed by atoms with van der Waals surface area (Å²) in [6, 6.07) is 13.7. The number of carbonyl (C=O) groups excluding carboxylic acids is 2. The van der Waals surface area contributed by atoms with Gasteiger partial charge < -0.3 is 9.32 Å². The van der Waals surface area contributed by atoms with E-state index in [4.69, 9.17) is 4.42 Å². The molecule has 0 N–H and O–H groups in total. The first-order valence-electron chi connectivity index (χ1n) is 10.8. The third-order valence-electron chi connectivity index (χ3n) is 6.19. The van der Waals surface area contributed by atoms with Crippen molar-refractivity contribution in [2.24, 2.45) is 0 Å². The average molecular weight is 433 g/mol. The van der Waals surface area contributed by atoms with Gasteiger partial charge in [-0.25, -0.2) is 4.39 Å². The lowest BCUT2D eigenvalue weighted by Gasteiger charge is -2.36. The van der Waals surface area contributed by atoms with E-state index < -0.39 is 0 Å². The SMILES string of the molecule is O=C1c2cccc(N3CCN(Cc4ccoc4)CC3)c2C(=O)N1CCc1cccc(F)c1. The molecule has 0 bridgehead atoms. The number of fused-ring (bicyclic) bond motifs is 1. The van der Waals surface area contributed by atoms with Gasteiger partial charge in [0.1, 0.15) is 5.82 Å². The van der Waals surface area contributed by atoms with Crippen molar-refractivity contribution < 1.29 is 18.4 Å². The first kappa shape index (κ1) is 20.5. The summed E-state index contributed by atoms with van der Waals surface area (Å²) in [5.74, 6) is -0.862. The summed E-state index contributed by atoms with van der Waals surface area (Å²) < 4.78 is 18.6. The van der Waals surface area contributed by atoms with Gasteiger partial charge in [0.15, 0.2) is 0 Å². The van der Waals surface area contributed by atoms with Gasteiger partial charge in [0.2, 0.25) is 0 Å². The maximum absolute atomic E-state index is 13.5. The van der Waals surface area contributed by atoms with Gasteiger partial charge in [0, 0.05) is 44.8 Å². The normalized spacial score (nSPS) is 16.7. The van der Waals surface area contributed by atoms with Crippen LogP contribution in [0.15, 0.2) is 65.5 Å². The smallest absolute Gasteiger partial charge is 0.263 e. The fraction of sp³-hybridized carbons (Fsp3) is 0.280. The molecule has 3 heterocycles. The van der Waals surface area contributed by atoms with Crippen LogP contribution in [0.1, 0.15) is 31.8 Å². The lowest BCUT2D eigenvalue weighted by Crippen LogP contribution is -2.46. The van der Waals surface area contributed by atoms with Crippen molar-refractivity contribution in [3.05, 3.63) is 89.1 Å².